The SMILES string of the molecule is CCCCCCCC(CCCCCCC)OC(=O)COCC(COCC(=O)OC(CCCCCCC)CCCCCCC)OCc1ccccc1. The molecule has 0 saturated heterocycles. The first-order chi connectivity index (χ1) is 25.0. The van der Waals surface area contributed by atoms with E-state index < -0.39 is 6.10 Å². The molecule has 0 amide bonds. The topological polar surface area (TPSA) is 80.3 Å². The maximum atomic E-state index is 12.9. The van der Waals surface area contributed by atoms with E-state index in [0.717, 1.165) is 56.9 Å². The van der Waals surface area contributed by atoms with Crippen molar-refractivity contribution in [3.05, 3.63) is 35.9 Å². The number of carbonyl (C=O) groups is 2. The standard InChI is InChI=1S/C44H78O7/c1-5-9-13-17-24-30-40(31-25-18-14-10-6-2)50-43(45)37-47-35-42(49-34-39-28-22-21-23-29-39)36-48-38-44(46)51-41(32-26-19-15-11-7-3)33-27-20-16-12-8-4/h21-23,28-29,40-42H,5-20,24-27,30-38H2,1-4H3. The minimum absolute atomic E-state index is 0.0552. The van der Waals surface area contributed by atoms with E-state index in [2.05, 4.69) is 27.7 Å². The van der Waals surface area contributed by atoms with Gasteiger partial charge in [0.05, 0.1) is 19.8 Å². The largest absolute Gasteiger partial charge is 0.461 e. The molecule has 0 aromatic heterocycles. The summed E-state index contributed by atoms with van der Waals surface area (Å²) in [4.78, 5) is 25.7. The number of unbranched alkanes of at least 4 members (excludes halogenated alkanes) is 16. The van der Waals surface area contributed by atoms with Crippen LogP contribution in [0.4, 0.5) is 0 Å². The van der Waals surface area contributed by atoms with Crippen LogP contribution in [-0.2, 0) is 39.9 Å². The molecule has 51 heavy (non-hydrogen) atoms. The first-order valence-electron chi connectivity index (χ1n) is 21.2. The van der Waals surface area contributed by atoms with Crippen molar-refractivity contribution in [3.8, 4) is 0 Å². The highest BCUT2D eigenvalue weighted by Gasteiger charge is 2.19. The highest BCUT2D eigenvalue weighted by molar-refractivity contribution is 5.71. The smallest absolute Gasteiger partial charge is 0.332 e. The summed E-state index contributed by atoms with van der Waals surface area (Å²) < 4.78 is 29.6. The quantitative estimate of drug-likeness (QED) is 0.0500. The number of hydrogen-bond donors (Lipinski definition) is 0. The first kappa shape index (κ1) is 47.1. The Balaban J connectivity index is 2.63. The number of rotatable bonds is 37. The lowest BCUT2D eigenvalue weighted by molar-refractivity contribution is -0.159. The van der Waals surface area contributed by atoms with Crippen LogP contribution in [0.1, 0.15) is 187 Å². The van der Waals surface area contributed by atoms with Crippen molar-refractivity contribution in [3.63, 3.8) is 0 Å². The van der Waals surface area contributed by atoms with Crippen molar-refractivity contribution in [1.29, 1.82) is 0 Å². The van der Waals surface area contributed by atoms with Gasteiger partial charge in [-0.2, -0.15) is 0 Å². The zero-order valence-electron chi connectivity index (χ0n) is 33.5. The number of ether oxygens (including phenoxy) is 5. The van der Waals surface area contributed by atoms with Crippen LogP contribution in [0.3, 0.4) is 0 Å². The van der Waals surface area contributed by atoms with Crippen molar-refractivity contribution >= 4 is 11.9 Å². The van der Waals surface area contributed by atoms with E-state index >= 15 is 0 Å². The molecule has 0 heterocycles. The fourth-order valence-corrected chi connectivity index (χ4v) is 6.35. The van der Waals surface area contributed by atoms with Gasteiger partial charge < -0.3 is 23.7 Å². The van der Waals surface area contributed by atoms with Crippen molar-refractivity contribution in [2.24, 2.45) is 0 Å². The van der Waals surface area contributed by atoms with Gasteiger partial charge in [0.1, 0.15) is 31.5 Å². The van der Waals surface area contributed by atoms with Crippen LogP contribution in [0.25, 0.3) is 0 Å². The third-order valence-electron chi connectivity index (χ3n) is 9.49. The number of benzene rings is 1. The molecule has 0 spiro atoms. The molecule has 7 heteroatoms. The van der Waals surface area contributed by atoms with Crippen molar-refractivity contribution < 1.29 is 33.3 Å². The minimum atomic E-state index is -0.452. The number of carbonyl (C=O) groups excluding carboxylic acids is 2. The third-order valence-corrected chi connectivity index (χ3v) is 9.49. The van der Waals surface area contributed by atoms with Crippen LogP contribution >= 0.6 is 0 Å². The second-order valence-corrected chi connectivity index (χ2v) is 14.5. The molecule has 0 fully saturated rings. The summed E-state index contributed by atoms with van der Waals surface area (Å²) in [5.74, 6) is -0.660. The van der Waals surface area contributed by atoms with Gasteiger partial charge >= 0.3 is 11.9 Å². The Kier molecular flexibility index (Phi) is 32.4. The maximum absolute atomic E-state index is 12.9. The van der Waals surface area contributed by atoms with Gasteiger partial charge in [-0.05, 0) is 56.9 Å². The maximum Gasteiger partial charge on any atom is 0.332 e. The van der Waals surface area contributed by atoms with E-state index in [-0.39, 0.29) is 50.6 Å². The predicted molar refractivity (Wildman–Crippen MR) is 210 cm³/mol. The van der Waals surface area contributed by atoms with Gasteiger partial charge in [-0.25, -0.2) is 9.59 Å². The lowest BCUT2D eigenvalue weighted by atomic mass is 10.0. The molecule has 0 atom stereocenters. The normalized spacial score (nSPS) is 11.6. The van der Waals surface area contributed by atoms with E-state index in [1.807, 2.05) is 30.3 Å². The summed E-state index contributed by atoms with van der Waals surface area (Å²) in [6.07, 6.45) is 27.0. The lowest BCUT2D eigenvalue weighted by Gasteiger charge is -2.21. The fourth-order valence-electron chi connectivity index (χ4n) is 6.35. The second-order valence-electron chi connectivity index (χ2n) is 14.5. The first-order valence-corrected chi connectivity index (χ1v) is 21.2. The molecule has 0 saturated carbocycles. The van der Waals surface area contributed by atoms with Crippen LogP contribution in [0.15, 0.2) is 30.3 Å². The molecule has 296 valence electrons. The summed E-state index contributed by atoms with van der Waals surface area (Å²) in [5, 5.41) is 0. The van der Waals surface area contributed by atoms with Crippen LogP contribution in [-0.4, -0.2) is 56.7 Å². The molecule has 1 aromatic carbocycles. The van der Waals surface area contributed by atoms with Crippen LogP contribution < -0.4 is 0 Å². The molecule has 0 bridgehead atoms. The zero-order valence-corrected chi connectivity index (χ0v) is 33.5. The Hall–Kier alpha value is -1.96. The van der Waals surface area contributed by atoms with Gasteiger partial charge in [0, 0.05) is 0 Å². The van der Waals surface area contributed by atoms with Gasteiger partial charge in [0.25, 0.3) is 0 Å². The number of hydrogen-bond acceptors (Lipinski definition) is 7. The van der Waals surface area contributed by atoms with E-state index in [1.165, 1.54) is 103 Å². The Morgan fingerprint density at radius 2 is 0.824 bits per heavy atom. The van der Waals surface area contributed by atoms with E-state index in [0.29, 0.717) is 6.61 Å². The molecule has 0 unspecified atom stereocenters. The molecule has 0 aliphatic rings. The Morgan fingerprint density at radius 1 is 0.471 bits per heavy atom. The third kappa shape index (κ3) is 29.2. The molecule has 1 rings (SSSR count). The second kappa shape index (κ2) is 35.1. The van der Waals surface area contributed by atoms with Crippen LogP contribution in [0.5, 0.6) is 0 Å². The summed E-state index contributed by atoms with van der Waals surface area (Å²) in [5.41, 5.74) is 1.03. The van der Waals surface area contributed by atoms with Crippen molar-refractivity contribution in [2.45, 2.75) is 207 Å². The van der Waals surface area contributed by atoms with Crippen LogP contribution in [0, 0.1) is 0 Å². The fraction of sp³-hybridized carbons (Fsp3) is 0.818. The Bertz CT molecular complexity index is 828. The van der Waals surface area contributed by atoms with Gasteiger partial charge in [-0.1, -0.05) is 161 Å². The monoisotopic (exact) mass is 719 g/mol. The highest BCUT2D eigenvalue weighted by Crippen LogP contribution is 2.18. The highest BCUT2D eigenvalue weighted by atomic mass is 16.6. The molecular formula is C44H78O7. The van der Waals surface area contributed by atoms with Crippen molar-refractivity contribution in [2.75, 3.05) is 26.4 Å². The average Bonchev–Trinajstić information content (AvgIpc) is 3.13. The van der Waals surface area contributed by atoms with Gasteiger partial charge in [-0.3, -0.25) is 0 Å². The molecule has 7 nitrogen and oxygen atoms in total. The molecule has 0 aliphatic heterocycles. The Labute approximate surface area is 313 Å². The molecule has 1 aromatic rings. The van der Waals surface area contributed by atoms with Gasteiger partial charge in [-0.15, -0.1) is 0 Å². The van der Waals surface area contributed by atoms with Crippen LogP contribution in [0.2, 0.25) is 0 Å². The average molecular weight is 719 g/mol. The van der Waals surface area contributed by atoms with E-state index in [4.69, 9.17) is 23.7 Å². The lowest BCUT2D eigenvalue weighted by Crippen LogP contribution is -2.30. The molecule has 0 radical (unpaired) electrons. The van der Waals surface area contributed by atoms with Gasteiger partial charge in [0.2, 0.25) is 0 Å². The summed E-state index contributed by atoms with van der Waals surface area (Å²) >= 11 is 0. The zero-order chi connectivity index (χ0) is 37.0. The van der Waals surface area contributed by atoms with E-state index in [1.54, 1.807) is 0 Å². The molecular weight excluding hydrogens is 640 g/mol. The predicted octanol–water partition coefficient (Wildman–Crippen LogP) is 11.9. The summed E-state index contributed by atoms with van der Waals surface area (Å²) in [7, 11) is 0. The number of esters is 2. The Morgan fingerprint density at radius 3 is 1.18 bits per heavy atom. The van der Waals surface area contributed by atoms with E-state index in [9.17, 15) is 9.59 Å². The van der Waals surface area contributed by atoms with Gasteiger partial charge in [0.15, 0.2) is 0 Å². The minimum Gasteiger partial charge on any atom is -0.461 e. The molecule has 0 aliphatic carbocycles. The molecule has 0 N–H and O–H groups in total. The summed E-state index contributed by atoms with van der Waals surface area (Å²) in [6, 6.07) is 9.92. The van der Waals surface area contributed by atoms with Crippen molar-refractivity contribution in [1.82, 2.24) is 0 Å². The summed E-state index contributed by atoms with van der Waals surface area (Å²) in [6.45, 7) is 9.33.